The number of aryl methyl sites for hydroxylation is 1. The quantitative estimate of drug-likeness (QED) is 0.606. The Morgan fingerprint density at radius 1 is 1.17 bits per heavy atom. The standard InChI is InChI=1S/C10H12F2/c1-6(2)9-7(3)4-5-8(11)10(9)12/h4-6H,1-3H3. The van der Waals surface area contributed by atoms with Crippen LogP contribution >= 0.6 is 0 Å². The highest BCUT2D eigenvalue weighted by Crippen LogP contribution is 2.23. The van der Waals surface area contributed by atoms with Gasteiger partial charge in [-0.3, -0.25) is 0 Å². The van der Waals surface area contributed by atoms with E-state index in [0.717, 1.165) is 11.6 Å². The Morgan fingerprint density at radius 2 is 1.75 bits per heavy atom. The van der Waals surface area contributed by atoms with Gasteiger partial charge in [0.1, 0.15) is 0 Å². The minimum absolute atomic E-state index is 0.0284. The molecule has 0 unspecified atom stereocenters. The van der Waals surface area contributed by atoms with Crippen LogP contribution in [0.5, 0.6) is 0 Å². The number of hydrogen-bond donors (Lipinski definition) is 0. The first kappa shape index (κ1) is 9.17. The van der Waals surface area contributed by atoms with Gasteiger partial charge in [-0.1, -0.05) is 19.9 Å². The molecule has 1 rings (SSSR count). The molecule has 2 heteroatoms. The first-order chi connectivity index (χ1) is 5.54. The van der Waals surface area contributed by atoms with Crippen LogP contribution in [0.3, 0.4) is 0 Å². The van der Waals surface area contributed by atoms with Gasteiger partial charge in [-0.25, -0.2) is 8.78 Å². The van der Waals surface area contributed by atoms with Crippen LogP contribution < -0.4 is 0 Å². The molecule has 0 N–H and O–H groups in total. The molecule has 0 spiro atoms. The molecular formula is C10H12F2. The fourth-order valence-corrected chi connectivity index (χ4v) is 1.37. The smallest absolute Gasteiger partial charge is 0.162 e. The maximum Gasteiger partial charge on any atom is 0.162 e. The van der Waals surface area contributed by atoms with Crippen LogP contribution in [0.4, 0.5) is 8.78 Å². The second-order valence-corrected chi connectivity index (χ2v) is 3.25. The van der Waals surface area contributed by atoms with E-state index in [1.807, 2.05) is 13.8 Å². The van der Waals surface area contributed by atoms with Gasteiger partial charge >= 0.3 is 0 Å². The van der Waals surface area contributed by atoms with Gasteiger partial charge in [0.05, 0.1) is 0 Å². The van der Waals surface area contributed by atoms with Crippen molar-refractivity contribution in [2.45, 2.75) is 26.7 Å². The van der Waals surface area contributed by atoms with Gasteiger partial charge < -0.3 is 0 Å². The van der Waals surface area contributed by atoms with Crippen LogP contribution in [0.25, 0.3) is 0 Å². The lowest BCUT2D eigenvalue weighted by Gasteiger charge is -2.10. The Hall–Kier alpha value is -0.920. The van der Waals surface area contributed by atoms with Gasteiger partial charge in [0.2, 0.25) is 0 Å². The van der Waals surface area contributed by atoms with E-state index in [4.69, 9.17) is 0 Å². The summed E-state index contributed by atoms with van der Waals surface area (Å²) in [6.45, 7) is 5.49. The van der Waals surface area contributed by atoms with Crippen LogP contribution in [0.15, 0.2) is 12.1 Å². The summed E-state index contributed by atoms with van der Waals surface area (Å²) < 4.78 is 25.9. The van der Waals surface area contributed by atoms with Gasteiger partial charge in [0.15, 0.2) is 11.6 Å². The van der Waals surface area contributed by atoms with Crippen LogP contribution in [-0.4, -0.2) is 0 Å². The average molecular weight is 170 g/mol. The van der Waals surface area contributed by atoms with E-state index in [1.54, 1.807) is 13.0 Å². The first-order valence-electron chi connectivity index (χ1n) is 3.98. The van der Waals surface area contributed by atoms with E-state index in [9.17, 15) is 8.78 Å². The average Bonchev–Trinajstić information content (AvgIpc) is 1.97. The molecule has 0 saturated heterocycles. The molecule has 66 valence electrons. The molecule has 0 atom stereocenters. The van der Waals surface area contributed by atoms with Crippen molar-refractivity contribution in [1.82, 2.24) is 0 Å². The number of hydrogen-bond acceptors (Lipinski definition) is 0. The first-order valence-corrected chi connectivity index (χ1v) is 3.98. The minimum atomic E-state index is -0.760. The molecule has 0 aliphatic heterocycles. The summed E-state index contributed by atoms with van der Waals surface area (Å²) in [6.07, 6.45) is 0. The second-order valence-electron chi connectivity index (χ2n) is 3.25. The number of rotatable bonds is 1. The molecule has 0 heterocycles. The zero-order chi connectivity index (χ0) is 9.30. The lowest BCUT2D eigenvalue weighted by Crippen LogP contribution is -1.99. The predicted octanol–water partition coefficient (Wildman–Crippen LogP) is 3.40. The molecule has 0 saturated carbocycles. The Bertz CT molecular complexity index is 290. The largest absolute Gasteiger partial charge is 0.204 e. The third-order valence-electron chi connectivity index (χ3n) is 1.93. The Morgan fingerprint density at radius 3 is 2.17 bits per heavy atom. The molecule has 1 aromatic rings. The summed E-state index contributed by atoms with van der Waals surface area (Å²) in [4.78, 5) is 0. The van der Waals surface area contributed by atoms with Crippen LogP contribution in [-0.2, 0) is 0 Å². The van der Waals surface area contributed by atoms with Gasteiger partial charge in [0, 0.05) is 0 Å². The molecule has 1 aromatic carbocycles. The van der Waals surface area contributed by atoms with E-state index in [1.165, 1.54) is 0 Å². The summed E-state index contributed by atoms with van der Waals surface area (Å²) in [7, 11) is 0. The van der Waals surface area contributed by atoms with Gasteiger partial charge in [-0.15, -0.1) is 0 Å². The fraction of sp³-hybridized carbons (Fsp3) is 0.400. The number of halogens is 2. The molecule has 0 bridgehead atoms. The van der Waals surface area contributed by atoms with Crippen molar-refractivity contribution in [2.75, 3.05) is 0 Å². The molecule has 0 fully saturated rings. The molecule has 12 heavy (non-hydrogen) atoms. The van der Waals surface area contributed by atoms with Crippen molar-refractivity contribution in [3.8, 4) is 0 Å². The molecule has 0 amide bonds. The summed E-state index contributed by atoms with van der Waals surface area (Å²) in [6, 6.07) is 2.77. The van der Waals surface area contributed by atoms with Crippen LogP contribution in [0, 0.1) is 18.6 Å². The molecule has 0 nitrogen and oxygen atoms in total. The van der Waals surface area contributed by atoms with Gasteiger partial charge in [0.25, 0.3) is 0 Å². The molecule has 0 radical (unpaired) electrons. The van der Waals surface area contributed by atoms with Crippen molar-refractivity contribution in [1.29, 1.82) is 0 Å². The van der Waals surface area contributed by atoms with Crippen molar-refractivity contribution in [3.05, 3.63) is 34.9 Å². The SMILES string of the molecule is Cc1ccc(F)c(F)c1C(C)C. The Balaban J connectivity index is 3.33. The molecule has 0 aliphatic carbocycles. The van der Waals surface area contributed by atoms with Crippen molar-refractivity contribution < 1.29 is 8.78 Å². The minimum Gasteiger partial charge on any atom is -0.204 e. The highest BCUT2D eigenvalue weighted by molar-refractivity contribution is 5.30. The van der Waals surface area contributed by atoms with Crippen LogP contribution in [0.1, 0.15) is 30.9 Å². The summed E-state index contributed by atoms with van der Waals surface area (Å²) in [5.74, 6) is -1.44. The normalized spacial score (nSPS) is 10.8. The number of benzene rings is 1. The predicted molar refractivity (Wildman–Crippen MR) is 45.2 cm³/mol. The molecule has 0 aliphatic rings. The highest BCUT2D eigenvalue weighted by Gasteiger charge is 2.13. The lowest BCUT2D eigenvalue weighted by atomic mass is 9.97. The highest BCUT2D eigenvalue weighted by atomic mass is 19.2. The van der Waals surface area contributed by atoms with E-state index in [0.29, 0.717) is 5.56 Å². The maximum atomic E-state index is 13.1. The van der Waals surface area contributed by atoms with E-state index < -0.39 is 11.6 Å². The Labute approximate surface area is 71.2 Å². The van der Waals surface area contributed by atoms with E-state index >= 15 is 0 Å². The zero-order valence-electron chi connectivity index (χ0n) is 7.49. The van der Waals surface area contributed by atoms with Crippen LogP contribution in [0.2, 0.25) is 0 Å². The van der Waals surface area contributed by atoms with E-state index in [2.05, 4.69) is 0 Å². The summed E-state index contributed by atoms with van der Waals surface area (Å²) >= 11 is 0. The fourth-order valence-electron chi connectivity index (χ4n) is 1.37. The lowest BCUT2D eigenvalue weighted by molar-refractivity contribution is 0.492. The van der Waals surface area contributed by atoms with E-state index in [-0.39, 0.29) is 5.92 Å². The van der Waals surface area contributed by atoms with Crippen molar-refractivity contribution in [3.63, 3.8) is 0 Å². The summed E-state index contributed by atoms with van der Waals surface area (Å²) in [5.41, 5.74) is 1.29. The van der Waals surface area contributed by atoms with Crippen molar-refractivity contribution in [2.24, 2.45) is 0 Å². The van der Waals surface area contributed by atoms with Crippen molar-refractivity contribution >= 4 is 0 Å². The molecule has 0 aromatic heterocycles. The van der Waals surface area contributed by atoms with Gasteiger partial charge in [-0.05, 0) is 30.0 Å². The van der Waals surface area contributed by atoms with Gasteiger partial charge in [-0.2, -0.15) is 0 Å². The maximum absolute atomic E-state index is 13.1. The third kappa shape index (κ3) is 1.47. The second kappa shape index (κ2) is 3.21. The third-order valence-corrected chi connectivity index (χ3v) is 1.93. The monoisotopic (exact) mass is 170 g/mol. The molecular weight excluding hydrogens is 158 g/mol. The Kier molecular flexibility index (Phi) is 2.46. The summed E-state index contributed by atoms with van der Waals surface area (Å²) in [5, 5.41) is 0. The topological polar surface area (TPSA) is 0 Å². The zero-order valence-corrected chi connectivity index (χ0v) is 7.49.